The van der Waals surface area contributed by atoms with E-state index in [1.165, 1.54) is 0 Å². The first-order chi connectivity index (χ1) is 5.91. The summed E-state index contributed by atoms with van der Waals surface area (Å²) in [5, 5.41) is 20.8. The van der Waals surface area contributed by atoms with Crippen molar-refractivity contribution in [1.82, 2.24) is 10.4 Å². The number of amides is 1. The van der Waals surface area contributed by atoms with Crippen LogP contribution in [0, 0.1) is 0 Å². The molecule has 1 amide bonds. The Bertz CT molecular complexity index is 198. The third kappa shape index (κ3) is 14.4. The van der Waals surface area contributed by atoms with Gasteiger partial charge in [0.1, 0.15) is 0 Å². The number of hydrazine groups is 1. The van der Waals surface area contributed by atoms with Gasteiger partial charge in [-0.05, 0) is 0 Å². The second kappa shape index (κ2) is 10.9. The second-order valence-electron chi connectivity index (χ2n) is 2.27. The van der Waals surface area contributed by atoms with Crippen molar-refractivity contribution in [3.8, 4) is 0 Å². The summed E-state index contributed by atoms with van der Waals surface area (Å²) in [5.74, 6) is -3.55. The van der Waals surface area contributed by atoms with Crippen LogP contribution in [0.15, 0.2) is 0 Å². The van der Waals surface area contributed by atoms with Crippen LogP contribution >= 0.6 is 0 Å². The van der Waals surface area contributed by atoms with Crippen molar-refractivity contribution < 1.29 is 83.7 Å². The van der Waals surface area contributed by atoms with Gasteiger partial charge in [-0.2, -0.15) is 0 Å². The smallest absolute Gasteiger partial charge is 0.549 e. The van der Waals surface area contributed by atoms with E-state index in [0.29, 0.717) is 5.01 Å². The van der Waals surface area contributed by atoms with E-state index in [-0.39, 0.29) is 59.1 Å². The molecule has 0 aromatic rings. The van der Waals surface area contributed by atoms with Gasteiger partial charge in [0.25, 0.3) is 0 Å². The molecule has 0 aromatic heterocycles. The summed E-state index contributed by atoms with van der Waals surface area (Å²) in [6.45, 7) is -0.279. The first kappa shape index (κ1) is 20.7. The van der Waals surface area contributed by atoms with E-state index in [1.54, 1.807) is 0 Å². The summed E-state index contributed by atoms with van der Waals surface area (Å²) in [6, 6.07) is 0. The Morgan fingerprint density at radius 3 is 1.60 bits per heavy atom. The molecule has 0 aliphatic carbocycles. The molecule has 0 fully saturated rings. The number of aliphatic carboxylic acids is 2. The van der Waals surface area contributed by atoms with Gasteiger partial charge >= 0.3 is 59.1 Å². The van der Waals surface area contributed by atoms with Crippen LogP contribution in [0.2, 0.25) is 0 Å². The van der Waals surface area contributed by atoms with Gasteiger partial charge in [-0.1, -0.05) is 0 Å². The Morgan fingerprint density at radius 2 is 1.40 bits per heavy atom. The van der Waals surface area contributed by atoms with Crippen molar-refractivity contribution in [2.24, 2.45) is 0 Å². The largest absolute Gasteiger partial charge is 1.00 e. The molecule has 1 N–H and O–H groups in total. The van der Waals surface area contributed by atoms with Crippen molar-refractivity contribution in [1.29, 1.82) is 0 Å². The average Bonchev–Trinajstić information content (AvgIpc) is 1.80. The summed E-state index contributed by atoms with van der Waals surface area (Å²) in [5.41, 5.74) is 2.00. The maximum absolute atomic E-state index is 10.4. The molecular formula is C6H8N2Na2O5. The zero-order valence-electron chi connectivity index (χ0n) is 8.90. The fraction of sp³-hybridized carbons (Fsp3) is 0.500. The van der Waals surface area contributed by atoms with Gasteiger partial charge in [-0.15, -0.1) is 0 Å². The van der Waals surface area contributed by atoms with E-state index in [2.05, 4.69) is 0 Å². The molecule has 0 heterocycles. The molecule has 0 rings (SSSR count). The fourth-order valence-corrected chi connectivity index (χ4v) is 0.669. The Balaban J connectivity index is -0.000000720. The standard InChI is InChI=1S/C6H10N2O5.2Na/c1-4(9)7-8(2-5(10)11)3-6(12)13;;/h2-3H2,1H3,(H,7,9)(H,10,11)(H,12,13);;/q;2*+1/p-2. The molecule has 0 unspecified atom stereocenters. The number of hydrogen-bond acceptors (Lipinski definition) is 6. The maximum Gasteiger partial charge on any atom is 1.00 e. The topological polar surface area (TPSA) is 113 Å². The number of nitrogens with one attached hydrogen (secondary N) is 1. The molecule has 0 aliphatic rings. The second-order valence-corrected chi connectivity index (χ2v) is 2.27. The molecule has 0 radical (unpaired) electrons. The van der Waals surface area contributed by atoms with Crippen molar-refractivity contribution >= 4 is 17.8 Å². The number of nitrogens with zero attached hydrogens (tertiary/aromatic N) is 1. The molecule has 0 bridgehead atoms. The maximum atomic E-state index is 10.4. The van der Waals surface area contributed by atoms with Crippen LogP contribution in [0.25, 0.3) is 0 Å². The van der Waals surface area contributed by atoms with Gasteiger partial charge in [0.2, 0.25) is 5.91 Å². The van der Waals surface area contributed by atoms with Gasteiger partial charge in [-0.3, -0.25) is 10.2 Å². The molecular weight excluding hydrogens is 226 g/mol. The zero-order chi connectivity index (χ0) is 10.4. The van der Waals surface area contributed by atoms with Crippen LogP contribution in [-0.4, -0.2) is 35.9 Å². The minimum atomic E-state index is -1.49. The molecule has 0 atom stereocenters. The third-order valence-corrected chi connectivity index (χ3v) is 0.955. The summed E-state index contributed by atoms with van der Waals surface area (Å²) < 4.78 is 0. The van der Waals surface area contributed by atoms with E-state index in [4.69, 9.17) is 0 Å². The average molecular weight is 234 g/mol. The third-order valence-electron chi connectivity index (χ3n) is 0.955. The summed E-state index contributed by atoms with van der Waals surface area (Å²) in [4.78, 5) is 30.5. The van der Waals surface area contributed by atoms with Crippen LogP contribution in [0.3, 0.4) is 0 Å². The monoisotopic (exact) mass is 234 g/mol. The minimum absolute atomic E-state index is 0. The molecule has 0 aliphatic heterocycles. The quantitative estimate of drug-likeness (QED) is 0.373. The number of rotatable bonds is 5. The Morgan fingerprint density at radius 1 is 1.07 bits per heavy atom. The zero-order valence-corrected chi connectivity index (χ0v) is 12.9. The van der Waals surface area contributed by atoms with Gasteiger partial charge in [-0.25, -0.2) is 5.01 Å². The number of carboxylic acid groups (broad SMARTS) is 2. The predicted octanol–water partition coefficient (Wildman–Crippen LogP) is -10.2. The molecule has 9 heteroatoms. The van der Waals surface area contributed by atoms with E-state index < -0.39 is 30.9 Å². The van der Waals surface area contributed by atoms with Gasteiger partial charge < -0.3 is 19.8 Å². The predicted molar refractivity (Wildman–Crippen MR) is 35.4 cm³/mol. The minimum Gasteiger partial charge on any atom is -0.549 e. The van der Waals surface area contributed by atoms with Crippen molar-refractivity contribution in [3.05, 3.63) is 0 Å². The normalized spacial score (nSPS) is 8.40. The van der Waals surface area contributed by atoms with Crippen LogP contribution < -0.4 is 74.8 Å². The van der Waals surface area contributed by atoms with Gasteiger partial charge in [0.15, 0.2) is 0 Å². The fourth-order valence-electron chi connectivity index (χ4n) is 0.669. The Labute approximate surface area is 131 Å². The number of carbonyl (C=O) groups is 3. The Hall–Kier alpha value is 0.370. The van der Waals surface area contributed by atoms with E-state index in [9.17, 15) is 24.6 Å². The molecule has 0 saturated heterocycles. The van der Waals surface area contributed by atoms with E-state index in [1.807, 2.05) is 5.43 Å². The van der Waals surface area contributed by atoms with Gasteiger partial charge in [0.05, 0.1) is 25.0 Å². The summed E-state index contributed by atoms with van der Waals surface area (Å²) >= 11 is 0. The molecule has 0 spiro atoms. The van der Waals surface area contributed by atoms with Crippen molar-refractivity contribution in [3.63, 3.8) is 0 Å². The van der Waals surface area contributed by atoms with Crippen LogP contribution in [0.4, 0.5) is 0 Å². The van der Waals surface area contributed by atoms with Gasteiger partial charge in [0, 0.05) is 6.92 Å². The van der Waals surface area contributed by atoms with E-state index >= 15 is 0 Å². The molecule has 7 nitrogen and oxygen atoms in total. The number of hydrogen-bond donors (Lipinski definition) is 1. The van der Waals surface area contributed by atoms with E-state index in [0.717, 1.165) is 6.92 Å². The first-order valence-electron chi connectivity index (χ1n) is 3.33. The summed E-state index contributed by atoms with van der Waals surface area (Å²) in [6.07, 6.45) is 0. The molecule has 15 heavy (non-hydrogen) atoms. The first-order valence-corrected chi connectivity index (χ1v) is 3.33. The Kier molecular flexibility index (Phi) is 15.0. The van der Waals surface area contributed by atoms with Crippen LogP contribution in [-0.2, 0) is 14.4 Å². The van der Waals surface area contributed by atoms with Crippen molar-refractivity contribution in [2.45, 2.75) is 6.92 Å². The molecule has 74 valence electrons. The summed E-state index contributed by atoms with van der Waals surface area (Å²) in [7, 11) is 0. The molecule has 0 saturated carbocycles. The number of carbonyl (C=O) groups excluding carboxylic acids is 3. The molecule has 0 aromatic carbocycles. The van der Waals surface area contributed by atoms with Crippen LogP contribution in [0.1, 0.15) is 6.92 Å². The van der Waals surface area contributed by atoms with Crippen molar-refractivity contribution in [2.75, 3.05) is 13.1 Å². The number of carboxylic acids is 2. The SMILES string of the molecule is CC(=O)NN(CC(=O)[O-])CC(=O)[O-].[Na+].[Na+]. The van der Waals surface area contributed by atoms with Crippen LogP contribution in [0.5, 0.6) is 0 Å².